The molecule has 0 spiro atoms. The summed E-state index contributed by atoms with van der Waals surface area (Å²) in [5.41, 5.74) is 0.662. The standard InChI is InChI=1S/C18H13NO5/c20-12-6-4-10-2-1-3-15(14(10)9-12)19-16-8-11(17(21)22)5-7-13(16)18(23)24/h1-9,19-20H,(H,21,22)(H,23,24). The lowest BCUT2D eigenvalue weighted by atomic mass is 10.1. The zero-order valence-corrected chi connectivity index (χ0v) is 12.4. The summed E-state index contributed by atoms with van der Waals surface area (Å²) in [4.78, 5) is 22.5. The fourth-order valence-electron chi connectivity index (χ4n) is 2.48. The largest absolute Gasteiger partial charge is 0.508 e. The third-order valence-electron chi connectivity index (χ3n) is 3.63. The highest BCUT2D eigenvalue weighted by molar-refractivity contribution is 6.01. The number of hydrogen-bond donors (Lipinski definition) is 4. The van der Waals surface area contributed by atoms with E-state index in [2.05, 4.69) is 5.32 Å². The first kappa shape index (κ1) is 15.4. The van der Waals surface area contributed by atoms with Crippen molar-refractivity contribution in [2.24, 2.45) is 0 Å². The van der Waals surface area contributed by atoms with Crippen LogP contribution in [0.5, 0.6) is 5.75 Å². The van der Waals surface area contributed by atoms with Crippen molar-refractivity contribution in [2.45, 2.75) is 0 Å². The number of rotatable bonds is 4. The molecule has 24 heavy (non-hydrogen) atoms. The Morgan fingerprint density at radius 3 is 2.33 bits per heavy atom. The minimum Gasteiger partial charge on any atom is -0.508 e. The molecule has 0 heterocycles. The zero-order chi connectivity index (χ0) is 17.3. The summed E-state index contributed by atoms with van der Waals surface area (Å²) in [7, 11) is 0. The minimum atomic E-state index is -1.17. The molecule has 6 heteroatoms. The number of anilines is 2. The number of aromatic hydroxyl groups is 1. The van der Waals surface area contributed by atoms with E-state index in [1.165, 1.54) is 18.2 Å². The number of carboxylic acids is 2. The topological polar surface area (TPSA) is 107 Å². The van der Waals surface area contributed by atoms with Crippen LogP contribution in [0.15, 0.2) is 54.6 Å². The van der Waals surface area contributed by atoms with E-state index in [0.717, 1.165) is 5.39 Å². The Balaban J connectivity index is 2.14. The molecule has 0 bridgehead atoms. The first-order valence-corrected chi connectivity index (χ1v) is 7.05. The Hall–Kier alpha value is -3.54. The number of nitrogens with one attached hydrogen (secondary N) is 1. The molecular formula is C18H13NO5. The average molecular weight is 323 g/mol. The number of aromatic carboxylic acids is 2. The molecule has 3 aromatic carbocycles. The lowest BCUT2D eigenvalue weighted by Crippen LogP contribution is -2.06. The van der Waals surface area contributed by atoms with Crippen molar-refractivity contribution in [3.05, 3.63) is 65.7 Å². The third kappa shape index (κ3) is 2.85. The number of phenolic OH excluding ortho intramolecular Hbond substituents is 1. The van der Waals surface area contributed by atoms with Gasteiger partial charge in [-0.15, -0.1) is 0 Å². The summed E-state index contributed by atoms with van der Waals surface area (Å²) < 4.78 is 0. The Bertz CT molecular complexity index is 965. The van der Waals surface area contributed by atoms with Gasteiger partial charge in [0.25, 0.3) is 0 Å². The number of hydrogen-bond acceptors (Lipinski definition) is 4. The van der Waals surface area contributed by atoms with Crippen LogP contribution < -0.4 is 5.32 Å². The highest BCUT2D eigenvalue weighted by Gasteiger charge is 2.14. The molecule has 0 aliphatic rings. The summed E-state index contributed by atoms with van der Waals surface area (Å²) in [5, 5.41) is 32.6. The number of benzene rings is 3. The van der Waals surface area contributed by atoms with Gasteiger partial charge >= 0.3 is 11.9 Å². The van der Waals surface area contributed by atoms with Crippen molar-refractivity contribution in [1.29, 1.82) is 0 Å². The van der Waals surface area contributed by atoms with Gasteiger partial charge < -0.3 is 20.6 Å². The second kappa shape index (κ2) is 5.92. The van der Waals surface area contributed by atoms with E-state index in [1.807, 2.05) is 6.07 Å². The summed E-state index contributed by atoms with van der Waals surface area (Å²) >= 11 is 0. The van der Waals surface area contributed by atoms with E-state index in [-0.39, 0.29) is 22.6 Å². The Morgan fingerprint density at radius 1 is 0.833 bits per heavy atom. The first-order valence-electron chi connectivity index (χ1n) is 7.05. The quantitative estimate of drug-likeness (QED) is 0.583. The molecule has 0 unspecified atom stereocenters. The molecule has 0 aliphatic carbocycles. The smallest absolute Gasteiger partial charge is 0.337 e. The molecule has 0 saturated heterocycles. The monoisotopic (exact) mass is 323 g/mol. The highest BCUT2D eigenvalue weighted by Crippen LogP contribution is 2.31. The molecule has 0 saturated carbocycles. The molecule has 4 N–H and O–H groups in total. The van der Waals surface area contributed by atoms with Gasteiger partial charge in [-0.05, 0) is 41.8 Å². The number of carboxylic acid groups (broad SMARTS) is 2. The molecule has 0 radical (unpaired) electrons. The minimum absolute atomic E-state index is 0.0226. The Kier molecular flexibility index (Phi) is 3.79. The summed E-state index contributed by atoms with van der Waals surface area (Å²) in [6.45, 7) is 0. The van der Waals surface area contributed by atoms with Crippen molar-refractivity contribution in [3.63, 3.8) is 0 Å². The third-order valence-corrected chi connectivity index (χ3v) is 3.63. The van der Waals surface area contributed by atoms with E-state index in [9.17, 15) is 19.8 Å². The van der Waals surface area contributed by atoms with Crippen molar-refractivity contribution in [1.82, 2.24) is 0 Å². The lowest BCUT2D eigenvalue weighted by Gasteiger charge is -2.13. The van der Waals surface area contributed by atoms with Gasteiger partial charge in [0.1, 0.15) is 5.75 Å². The number of fused-ring (bicyclic) bond motifs is 1. The molecule has 0 aliphatic heterocycles. The van der Waals surface area contributed by atoms with Crippen molar-refractivity contribution < 1.29 is 24.9 Å². The Labute approximate surface area is 136 Å². The SMILES string of the molecule is O=C(O)c1ccc(C(=O)O)c(Nc2cccc3ccc(O)cc23)c1. The Morgan fingerprint density at radius 2 is 1.62 bits per heavy atom. The van der Waals surface area contributed by atoms with E-state index in [1.54, 1.807) is 30.3 Å². The maximum absolute atomic E-state index is 11.4. The second-order valence-corrected chi connectivity index (χ2v) is 5.21. The molecule has 0 aromatic heterocycles. The molecule has 120 valence electrons. The van der Waals surface area contributed by atoms with Crippen LogP contribution in [0.25, 0.3) is 10.8 Å². The molecule has 6 nitrogen and oxygen atoms in total. The molecule has 0 amide bonds. The molecule has 0 atom stereocenters. The van der Waals surface area contributed by atoms with Gasteiger partial charge in [0.05, 0.1) is 16.8 Å². The fraction of sp³-hybridized carbons (Fsp3) is 0. The predicted octanol–water partition coefficient (Wildman–Crippen LogP) is 3.69. The number of phenols is 1. The van der Waals surface area contributed by atoms with Gasteiger partial charge in [-0.1, -0.05) is 18.2 Å². The zero-order valence-electron chi connectivity index (χ0n) is 12.4. The average Bonchev–Trinajstić information content (AvgIpc) is 2.55. The van der Waals surface area contributed by atoms with Gasteiger partial charge in [0, 0.05) is 11.1 Å². The summed E-state index contributed by atoms with van der Waals surface area (Å²) in [6, 6.07) is 14.0. The second-order valence-electron chi connectivity index (χ2n) is 5.21. The van der Waals surface area contributed by atoms with Gasteiger partial charge in [0.2, 0.25) is 0 Å². The highest BCUT2D eigenvalue weighted by atomic mass is 16.4. The summed E-state index contributed by atoms with van der Waals surface area (Å²) in [5.74, 6) is -2.24. The normalized spacial score (nSPS) is 10.5. The van der Waals surface area contributed by atoms with Crippen LogP contribution in [0, 0.1) is 0 Å². The van der Waals surface area contributed by atoms with Crippen LogP contribution in [0.3, 0.4) is 0 Å². The van der Waals surface area contributed by atoms with E-state index in [0.29, 0.717) is 11.1 Å². The molecule has 3 aromatic rings. The van der Waals surface area contributed by atoms with E-state index >= 15 is 0 Å². The van der Waals surface area contributed by atoms with Crippen molar-refractivity contribution >= 4 is 34.1 Å². The van der Waals surface area contributed by atoms with Gasteiger partial charge in [0.15, 0.2) is 0 Å². The molecule has 3 rings (SSSR count). The van der Waals surface area contributed by atoms with Gasteiger partial charge in [-0.25, -0.2) is 9.59 Å². The predicted molar refractivity (Wildman–Crippen MR) is 89.3 cm³/mol. The van der Waals surface area contributed by atoms with Crippen LogP contribution in [0.1, 0.15) is 20.7 Å². The molecular weight excluding hydrogens is 310 g/mol. The maximum atomic E-state index is 11.4. The van der Waals surface area contributed by atoms with Crippen molar-refractivity contribution in [3.8, 4) is 5.75 Å². The van der Waals surface area contributed by atoms with Crippen LogP contribution in [-0.4, -0.2) is 27.3 Å². The van der Waals surface area contributed by atoms with Gasteiger partial charge in [-0.2, -0.15) is 0 Å². The fourth-order valence-corrected chi connectivity index (χ4v) is 2.48. The summed E-state index contributed by atoms with van der Waals surface area (Å²) in [6.07, 6.45) is 0. The first-order chi connectivity index (χ1) is 11.5. The van der Waals surface area contributed by atoms with E-state index in [4.69, 9.17) is 5.11 Å². The van der Waals surface area contributed by atoms with Crippen LogP contribution in [-0.2, 0) is 0 Å². The van der Waals surface area contributed by atoms with E-state index < -0.39 is 11.9 Å². The molecule has 0 fully saturated rings. The van der Waals surface area contributed by atoms with Crippen molar-refractivity contribution in [2.75, 3.05) is 5.32 Å². The van der Waals surface area contributed by atoms with Crippen LogP contribution in [0.4, 0.5) is 11.4 Å². The van der Waals surface area contributed by atoms with Crippen LogP contribution >= 0.6 is 0 Å². The number of carbonyl (C=O) groups is 2. The van der Waals surface area contributed by atoms with Crippen LogP contribution in [0.2, 0.25) is 0 Å². The van der Waals surface area contributed by atoms with Gasteiger partial charge in [-0.3, -0.25) is 0 Å². The lowest BCUT2D eigenvalue weighted by molar-refractivity contribution is 0.0682. The maximum Gasteiger partial charge on any atom is 0.337 e.